The van der Waals surface area contributed by atoms with Gasteiger partial charge in [-0.05, 0) is 55.7 Å². The maximum atomic E-state index is 12.9. The molecule has 2 aromatic carbocycles. The molecule has 6 heteroatoms. The molecule has 2 fully saturated rings. The minimum atomic E-state index is 0.161. The molecule has 5 nitrogen and oxygen atoms in total. The van der Waals surface area contributed by atoms with Gasteiger partial charge in [0, 0.05) is 36.5 Å². The summed E-state index contributed by atoms with van der Waals surface area (Å²) in [4.78, 5) is 20.0. The Morgan fingerprint density at radius 3 is 2.62 bits per heavy atom. The number of para-hydroxylation sites is 2. The molecule has 0 bridgehead atoms. The van der Waals surface area contributed by atoms with E-state index in [0.29, 0.717) is 30.0 Å². The molecule has 5 rings (SSSR count). The number of aryl methyl sites for hydroxylation is 1. The van der Waals surface area contributed by atoms with E-state index in [4.69, 9.17) is 21.3 Å². The zero-order valence-electron chi connectivity index (χ0n) is 18.4. The van der Waals surface area contributed by atoms with E-state index in [0.717, 1.165) is 55.0 Å². The third-order valence-corrected chi connectivity index (χ3v) is 7.08. The van der Waals surface area contributed by atoms with Crippen molar-refractivity contribution in [3.05, 3.63) is 59.4 Å². The molecule has 2 aliphatic rings. The van der Waals surface area contributed by atoms with Gasteiger partial charge in [0.2, 0.25) is 5.91 Å². The summed E-state index contributed by atoms with van der Waals surface area (Å²) >= 11 is 5.95. The SMILES string of the molecule is O=C1C[C@@H](c2nc3ccccc3n2CCCOc2ccc(Cl)cc2)CN1C1CCCCC1. The van der Waals surface area contributed by atoms with Gasteiger partial charge in [0.05, 0.1) is 17.6 Å². The van der Waals surface area contributed by atoms with Crippen molar-refractivity contribution in [3.63, 3.8) is 0 Å². The molecule has 1 saturated heterocycles. The highest BCUT2D eigenvalue weighted by atomic mass is 35.5. The van der Waals surface area contributed by atoms with E-state index in [9.17, 15) is 4.79 Å². The summed E-state index contributed by atoms with van der Waals surface area (Å²) in [5.74, 6) is 2.33. The number of hydrogen-bond donors (Lipinski definition) is 0. The van der Waals surface area contributed by atoms with Crippen LogP contribution in [0.15, 0.2) is 48.5 Å². The molecule has 1 aliphatic heterocycles. The topological polar surface area (TPSA) is 47.4 Å². The smallest absolute Gasteiger partial charge is 0.223 e. The number of amides is 1. The van der Waals surface area contributed by atoms with Crippen LogP contribution in [0.1, 0.15) is 56.7 Å². The molecule has 32 heavy (non-hydrogen) atoms. The van der Waals surface area contributed by atoms with E-state index in [2.05, 4.69) is 27.7 Å². The Labute approximate surface area is 194 Å². The first kappa shape index (κ1) is 21.3. The Morgan fingerprint density at radius 2 is 1.81 bits per heavy atom. The quantitative estimate of drug-likeness (QED) is 0.426. The van der Waals surface area contributed by atoms with E-state index in [1.54, 1.807) is 0 Å². The van der Waals surface area contributed by atoms with E-state index < -0.39 is 0 Å². The van der Waals surface area contributed by atoms with E-state index in [1.165, 1.54) is 19.3 Å². The van der Waals surface area contributed by atoms with Gasteiger partial charge in [0.25, 0.3) is 0 Å². The van der Waals surface area contributed by atoms with Crippen molar-refractivity contribution in [1.82, 2.24) is 14.5 Å². The van der Waals surface area contributed by atoms with Gasteiger partial charge in [-0.25, -0.2) is 4.98 Å². The highest BCUT2D eigenvalue weighted by Gasteiger charge is 2.37. The zero-order chi connectivity index (χ0) is 21.9. The van der Waals surface area contributed by atoms with Gasteiger partial charge in [0.1, 0.15) is 11.6 Å². The van der Waals surface area contributed by atoms with Crippen LogP contribution in [0.3, 0.4) is 0 Å². The van der Waals surface area contributed by atoms with Crippen molar-refractivity contribution >= 4 is 28.5 Å². The van der Waals surface area contributed by atoms with Crippen molar-refractivity contribution in [2.75, 3.05) is 13.2 Å². The molecular formula is C26H30ClN3O2. The second kappa shape index (κ2) is 9.53. The van der Waals surface area contributed by atoms with Gasteiger partial charge < -0.3 is 14.2 Å². The number of carbonyl (C=O) groups excluding carboxylic acids is 1. The predicted molar refractivity (Wildman–Crippen MR) is 127 cm³/mol. The van der Waals surface area contributed by atoms with Crippen LogP contribution >= 0.6 is 11.6 Å². The lowest BCUT2D eigenvalue weighted by atomic mass is 9.94. The van der Waals surface area contributed by atoms with Crippen LogP contribution in [0.5, 0.6) is 5.75 Å². The molecule has 3 aromatic rings. The van der Waals surface area contributed by atoms with Crippen LogP contribution in [-0.4, -0.2) is 39.6 Å². The van der Waals surface area contributed by atoms with Crippen LogP contribution < -0.4 is 4.74 Å². The summed E-state index contributed by atoms with van der Waals surface area (Å²) in [5.41, 5.74) is 2.14. The third-order valence-electron chi connectivity index (χ3n) is 6.83. The molecule has 1 aromatic heterocycles. The van der Waals surface area contributed by atoms with Crippen molar-refractivity contribution < 1.29 is 9.53 Å². The van der Waals surface area contributed by atoms with Crippen molar-refractivity contribution in [3.8, 4) is 5.75 Å². The number of carbonyl (C=O) groups is 1. The summed E-state index contributed by atoms with van der Waals surface area (Å²) in [5, 5.41) is 0.709. The van der Waals surface area contributed by atoms with Crippen molar-refractivity contribution in [2.45, 2.75) is 63.5 Å². The summed E-state index contributed by atoms with van der Waals surface area (Å²) in [7, 11) is 0. The van der Waals surface area contributed by atoms with Gasteiger partial charge in [-0.15, -0.1) is 0 Å². The Morgan fingerprint density at radius 1 is 1.03 bits per heavy atom. The number of hydrogen-bond acceptors (Lipinski definition) is 3. The molecule has 168 valence electrons. The highest BCUT2D eigenvalue weighted by Crippen LogP contribution is 2.34. The number of nitrogens with zero attached hydrogens (tertiary/aromatic N) is 3. The Hall–Kier alpha value is -2.53. The molecule has 2 heterocycles. The molecule has 1 aliphatic carbocycles. The van der Waals surface area contributed by atoms with Crippen LogP contribution in [0.4, 0.5) is 0 Å². The summed E-state index contributed by atoms with van der Waals surface area (Å²) in [6.07, 6.45) is 7.52. The maximum Gasteiger partial charge on any atom is 0.223 e. The zero-order valence-corrected chi connectivity index (χ0v) is 19.1. The second-order valence-corrected chi connectivity index (χ2v) is 9.44. The number of rotatable bonds is 7. The molecule has 0 spiro atoms. The largest absolute Gasteiger partial charge is 0.494 e. The lowest BCUT2D eigenvalue weighted by Gasteiger charge is -2.31. The number of ether oxygens (including phenoxy) is 1. The van der Waals surface area contributed by atoms with Gasteiger partial charge in [-0.2, -0.15) is 0 Å². The first-order valence-corrected chi connectivity index (χ1v) is 12.2. The molecule has 0 radical (unpaired) electrons. The molecule has 1 atom stereocenters. The van der Waals surface area contributed by atoms with Crippen LogP contribution in [-0.2, 0) is 11.3 Å². The number of likely N-dealkylation sites (tertiary alicyclic amines) is 1. The van der Waals surface area contributed by atoms with Crippen LogP contribution in [0.25, 0.3) is 11.0 Å². The van der Waals surface area contributed by atoms with Crippen molar-refractivity contribution in [2.24, 2.45) is 0 Å². The van der Waals surface area contributed by atoms with Crippen LogP contribution in [0, 0.1) is 0 Å². The average Bonchev–Trinajstić information content (AvgIpc) is 3.39. The lowest BCUT2D eigenvalue weighted by Crippen LogP contribution is -2.37. The fourth-order valence-corrected chi connectivity index (χ4v) is 5.36. The predicted octanol–water partition coefficient (Wildman–Crippen LogP) is 5.81. The standard InChI is InChI=1S/C26H30ClN3O2/c27-20-11-13-22(14-12-20)32-16-6-15-29-24-10-5-4-9-23(24)28-26(29)19-17-25(31)30(18-19)21-7-2-1-3-8-21/h4-5,9-14,19,21H,1-3,6-8,15-18H2/t19-/m1/s1. The Kier molecular flexibility index (Phi) is 6.35. The average molecular weight is 452 g/mol. The monoisotopic (exact) mass is 451 g/mol. The number of fused-ring (bicyclic) bond motifs is 1. The fraction of sp³-hybridized carbons (Fsp3) is 0.462. The summed E-state index contributed by atoms with van der Waals surface area (Å²) in [6, 6.07) is 16.2. The number of aromatic nitrogens is 2. The lowest BCUT2D eigenvalue weighted by molar-refractivity contribution is -0.130. The minimum absolute atomic E-state index is 0.161. The molecule has 1 amide bonds. The number of benzene rings is 2. The molecule has 0 unspecified atom stereocenters. The van der Waals surface area contributed by atoms with Crippen molar-refractivity contribution in [1.29, 1.82) is 0 Å². The van der Waals surface area contributed by atoms with Gasteiger partial charge in [-0.1, -0.05) is 43.0 Å². The van der Waals surface area contributed by atoms with E-state index in [-0.39, 0.29) is 5.92 Å². The summed E-state index contributed by atoms with van der Waals surface area (Å²) < 4.78 is 8.20. The van der Waals surface area contributed by atoms with Gasteiger partial charge in [-0.3, -0.25) is 4.79 Å². The maximum absolute atomic E-state index is 12.9. The normalized spacial score (nSPS) is 19.7. The molecule has 1 saturated carbocycles. The molecule has 0 N–H and O–H groups in total. The first-order chi connectivity index (χ1) is 15.7. The third kappa shape index (κ3) is 4.49. The van der Waals surface area contributed by atoms with E-state index >= 15 is 0 Å². The van der Waals surface area contributed by atoms with Crippen LogP contribution in [0.2, 0.25) is 5.02 Å². The fourth-order valence-electron chi connectivity index (χ4n) is 5.23. The second-order valence-electron chi connectivity index (χ2n) is 9.01. The number of imidazole rings is 1. The Bertz CT molecular complexity index is 1070. The minimum Gasteiger partial charge on any atom is -0.494 e. The van der Waals surface area contributed by atoms with Gasteiger partial charge >= 0.3 is 0 Å². The number of halogens is 1. The molecular weight excluding hydrogens is 422 g/mol. The Balaban J connectivity index is 1.30. The first-order valence-electron chi connectivity index (χ1n) is 11.8. The highest BCUT2D eigenvalue weighted by molar-refractivity contribution is 6.30. The van der Waals surface area contributed by atoms with E-state index in [1.807, 2.05) is 30.3 Å². The van der Waals surface area contributed by atoms with Gasteiger partial charge in [0.15, 0.2) is 0 Å². The summed E-state index contributed by atoms with van der Waals surface area (Å²) in [6.45, 7) is 2.23.